The average Bonchev–Trinajstić information content (AvgIpc) is 3.18. The number of piperidine rings is 1. The maximum absolute atomic E-state index is 13.5. The summed E-state index contributed by atoms with van der Waals surface area (Å²) in [6.45, 7) is 5.45. The Hall–Kier alpha value is -1.45. The molecule has 7 heteroatoms. The van der Waals surface area contributed by atoms with Crippen LogP contribution in [0.4, 0.5) is 4.39 Å². The molecule has 0 amide bonds. The van der Waals surface area contributed by atoms with E-state index in [1.54, 1.807) is 12.1 Å². The van der Waals surface area contributed by atoms with Gasteiger partial charge in [0, 0.05) is 36.2 Å². The molecule has 0 unspecified atom stereocenters. The lowest BCUT2D eigenvalue weighted by molar-refractivity contribution is 0.197. The van der Waals surface area contributed by atoms with Gasteiger partial charge in [0.15, 0.2) is 0 Å². The van der Waals surface area contributed by atoms with E-state index in [0.29, 0.717) is 6.04 Å². The molecule has 1 fully saturated rings. The van der Waals surface area contributed by atoms with Crippen molar-refractivity contribution < 1.29 is 12.8 Å². The highest BCUT2D eigenvalue weighted by molar-refractivity contribution is 14.1. The number of sulfone groups is 1. The molecule has 0 bridgehead atoms. The number of likely N-dealkylation sites (tertiary alicyclic amines) is 1. The summed E-state index contributed by atoms with van der Waals surface area (Å²) in [4.78, 5) is 4.59. The second-order valence-corrected chi connectivity index (χ2v) is 9.02. The summed E-state index contributed by atoms with van der Waals surface area (Å²) < 4.78 is 41.4. The minimum Gasteiger partial charge on any atom is -0.344 e. The lowest BCUT2D eigenvalue weighted by Gasteiger charge is -2.32. The van der Waals surface area contributed by atoms with Crippen molar-refractivity contribution in [3.63, 3.8) is 0 Å². The van der Waals surface area contributed by atoms with Crippen LogP contribution >= 0.6 is 22.6 Å². The summed E-state index contributed by atoms with van der Waals surface area (Å²) in [5.41, 5.74) is 1.04. The van der Waals surface area contributed by atoms with Crippen LogP contribution in [0.1, 0.15) is 25.8 Å². The predicted molar refractivity (Wildman–Crippen MR) is 124 cm³/mol. The molecule has 0 aliphatic carbocycles. The maximum Gasteiger partial charge on any atom is 0.206 e. The average molecular weight is 528 g/mol. The molecule has 1 aliphatic rings. The van der Waals surface area contributed by atoms with Gasteiger partial charge < -0.3 is 9.47 Å². The number of alkyl halides is 1. The number of benzene rings is 2. The van der Waals surface area contributed by atoms with Crippen molar-refractivity contribution in [2.45, 2.75) is 35.6 Å². The number of aromatic nitrogens is 1. The summed E-state index contributed by atoms with van der Waals surface area (Å²) >= 11 is 2.15. The lowest BCUT2D eigenvalue weighted by atomic mass is 10.0. The summed E-state index contributed by atoms with van der Waals surface area (Å²) in [6, 6.07) is 12.7. The van der Waals surface area contributed by atoms with E-state index in [1.807, 2.05) is 17.1 Å². The lowest BCUT2D eigenvalue weighted by Crippen LogP contribution is -2.34. The number of rotatable bonds is 4. The smallest absolute Gasteiger partial charge is 0.206 e. The number of nitrogens with zero attached hydrogens (tertiary/aromatic N) is 2. The first-order valence-corrected chi connectivity index (χ1v) is 13.3. The second-order valence-electron chi connectivity index (χ2n) is 7.07. The van der Waals surface area contributed by atoms with E-state index in [-0.39, 0.29) is 9.79 Å². The molecule has 0 radical (unpaired) electrons. The fourth-order valence-corrected chi connectivity index (χ4v) is 5.24. The standard InChI is InChI=1S/C21H23FN2O2S.CH3I/c1-2-23-11-9-18(10-12-23)24-13-8-16-14-20(6-7-21(16)24)27(25,26)19-5-3-4-17(22)15-19;1-2/h3-8,13-15,18H,2,9-12H2,1H3;1H3. The molecule has 4 nitrogen and oxygen atoms in total. The molecular weight excluding hydrogens is 502 g/mol. The molecule has 0 spiro atoms. The van der Waals surface area contributed by atoms with Crippen LogP contribution in [0.25, 0.3) is 10.9 Å². The molecule has 29 heavy (non-hydrogen) atoms. The van der Waals surface area contributed by atoms with Crippen molar-refractivity contribution in [2.75, 3.05) is 24.6 Å². The van der Waals surface area contributed by atoms with Gasteiger partial charge in [-0.15, -0.1) is 0 Å². The summed E-state index contributed by atoms with van der Waals surface area (Å²) in [7, 11) is -3.74. The molecule has 0 atom stereocenters. The molecule has 2 aromatic carbocycles. The van der Waals surface area contributed by atoms with Crippen LogP contribution in [-0.4, -0.2) is 42.4 Å². The van der Waals surface area contributed by atoms with E-state index in [9.17, 15) is 12.8 Å². The summed E-state index contributed by atoms with van der Waals surface area (Å²) in [5, 5.41) is 0.894. The molecule has 4 rings (SSSR count). The Labute approximate surface area is 185 Å². The first-order chi connectivity index (χ1) is 14.0. The van der Waals surface area contributed by atoms with E-state index < -0.39 is 15.7 Å². The van der Waals surface area contributed by atoms with Crippen LogP contribution in [0.15, 0.2) is 64.5 Å². The number of fused-ring (bicyclic) bond motifs is 1. The van der Waals surface area contributed by atoms with Crippen LogP contribution in [0, 0.1) is 5.82 Å². The maximum atomic E-state index is 13.5. The van der Waals surface area contributed by atoms with Crippen LogP contribution in [-0.2, 0) is 9.84 Å². The van der Waals surface area contributed by atoms with Gasteiger partial charge in [0.1, 0.15) is 5.82 Å². The molecule has 1 saturated heterocycles. The van der Waals surface area contributed by atoms with Crippen molar-refractivity contribution in [3.05, 3.63) is 60.5 Å². The molecule has 156 valence electrons. The summed E-state index contributed by atoms with van der Waals surface area (Å²) in [6.07, 6.45) is 4.25. The van der Waals surface area contributed by atoms with Gasteiger partial charge in [0.2, 0.25) is 9.84 Å². The van der Waals surface area contributed by atoms with Crippen LogP contribution in [0.5, 0.6) is 0 Å². The first-order valence-electron chi connectivity index (χ1n) is 9.70. The fourth-order valence-electron chi connectivity index (χ4n) is 3.91. The molecule has 1 aromatic heterocycles. The van der Waals surface area contributed by atoms with E-state index in [2.05, 4.69) is 45.2 Å². The van der Waals surface area contributed by atoms with Crippen LogP contribution < -0.4 is 0 Å². The molecule has 2 heterocycles. The van der Waals surface area contributed by atoms with Crippen molar-refractivity contribution >= 4 is 43.3 Å². The SMILES string of the molecule is CCN1CCC(n2ccc3cc(S(=O)(=O)c4cccc(F)c4)ccc32)CC1.CI. The molecule has 3 aromatic rings. The Bertz CT molecular complexity index is 1070. The molecule has 0 saturated carbocycles. The fraction of sp³-hybridized carbons (Fsp3) is 0.364. The van der Waals surface area contributed by atoms with Crippen molar-refractivity contribution in [1.29, 1.82) is 0 Å². The zero-order chi connectivity index (χ0) is 21.0. The Balaban J connectivity index is 0.00000117. The zero-order valence-corrected chi connectivity index (χ0v) is 19.7. The van der Waals surface area contributed by atoms with Gasteiger partial charge >= 0.3 is 0 Å². The third-order valence-corrected chi connectivity index (χ3v) is 7.26. The van der Waals surface area contributed by atoms with E-state index >= 15 is 0 Å². The predicted octanol–water partition coefficient (Wildman–Crippen LogP) is 5.32. The van der Waals surface area contributed by atoms with Gasteiger partial charge in [-0.25, -0.2) is 12.8 Å². The molecule has 1 aliphatic heterocycles. The third kappa shape index (κ3) is 4.67. The van der Waals surface area contributed by atoms with Gasteiger partial charge in [0.25, 0.3) is 0 Å². The first kappa shape index (κ1) is 22.2. The Morgan fingerprint density at radius 2 is 1.72 bits per heavy atom. The number of hydrogen-bond donors (Lipinski definition) is 0. The van der Waals surface area contributed by atoms with Gasteiger partial charge in [0.05, 0.1) is 9.79 Å². The van der Waals surface area contributed by atoms with Crippen LogP contribution in [0.3, 0.4) is 0 Å². The number of halogens is 2. The largest absolute Gasteiger partial charge is 0.344 e. The van der Waals surface area contributed by atoms with Gasteiger partial charge in [-0.2, -0.15) is 0 Å². The normalized spacial score (nSPS) is 15.9. The second kappa shape index (κ2) is 9.57. The van der Waals surface area contributed by atoms with Gasteiger partial charge in [-0.3, -0.25) is 0 Å². The van der Waals surface area contributed by atoms with Gasteiger partial charge in [-0.05, 0) is 66.8 Å². The monoisotopic (exact) mass is 528 g/mol. The summed E-state index contributed by atoms with van der Waals surface area (Å²) in [5.74, 6) is -0.554. The van der Waals surface area contributed by atoms with E-state index in [1.165, 1.54) is 18.2 Å². The van der Waals surface area contributed by atoms with Gasteiger partial charge in [-0.1, -0.05) is 35.6 Å². The highest BCUT2D eigenvalue weighted by Crippen LogP contribution is 2.30. The molecular formula is C22H26FIN2O2S. The molecule has 0 N–H and O–H groups in total. The highest BCUT2D eigenvalue weighted by Gasteiger charge is 2.22. The Kier molecular flexibility index (Phi) is 7.34. The topological polar surface area (TPSA) is 42.3 Å². The third-order valence-electron chi connectivity index (χ3n) is 5.51. The highest BCUT2D eigenvalue weighted by atomic mass is 127. The Morgan fingerprint density at radius 1 is 1.03 bits per heavy atom. The number of hydrogen-bond acceptors (Lipinski definition) is 3. The van der Waals surface area contributed by atoms with Crippen molar-refractivity contribution in [3.8, 4) is 0 Å². The minimum absolute atomic E-state index is 0.0202. The van der Waals surface area contributed by atoms with E-state index in [0.717, 1.165) is 49.4 Å². The Morgan fingerprint density at radius 3 is 2.38 bits per heavy atom. The van der Waals surface area contributed by atoms with Crippen molar-refractivity contribution in [2.24, 2.45) is 0 Å². The quantitative estimate of drug-likeness (QED) is 0.340. The van der Waals surface area contributed by atoms with Crippen LogP contribution in [0.2, 0.25) is 0 Å². The van der Waals surface area contributed by atoms with E-state index in [4.69, 9.17) is 0 Å². The zero-order valence-electron chi connectivity index (χ0n) is 16.7. The minimum atomic E-state index is -3.74. The van der Waals surface area contributed by atoms with Crippen molar-refractivity contribution in [1.82, 2.24) is 9.47 Å².